The Kier molecular flexibility index (Phi) is 6.31. The van der Waals surface area contributed by atoms with E-state index in [-0.39, 0.29) is 0 Å². The van der Waals surface area contributed by atoms with E-state index in [4.69, 9.17) is 18.9 Å². The molecule has 3 heterocycles. The second-order valence-electron chi connectivity index (χ2n) is 7.80. The van der Waals surface area contributed by atoms with Crippen LogP contribution in [0.1, 0.15) is 6.92 Å². The standard InChI is InChI=1S/C24H24N6O5/c1-2-34-20-14-25-21(29-22(20)30-9-11-33-12-10-30)15-3-5-16(6-4-15)26-23(31)27-17-7-8-18-19(13-17)35-24(32)28-18/h3-8,13-14H,2,9-12H2,1H3,(H,28,32)(H2,26,27,31). The predicted molar refractivity (Wildman–Crippen MR) is 131 cm³/mol. The number of nitrogens with one attached hydrogen (secondary N) is 3. The maximum atomic E-state index is 12.4. The highest BCUT2D eigenvalue weighted by molar-refractivity contribution is 6.00. The first-order chi connectivity index (χ1) is 17.1. The number of amides is 2. The van der Waals surface area contributed by atoms with Crippen LogP contribution < -0.4 is 26.0 Å². The van der Waals surface area contributed by atoms with Crippen molar-refractivity contribution in [3.05, 3.63) is 59.2 Å². The van der Waals surface area contributed by atoms with Gasteiger partial charge in [-0.1, -0.05) is 0 Å². The molecule has 1 aliphatic rings. The molecule has 0 radical (unpaired) electrons. The van der Waals surface area contributed by atoms with Gasteiger partial charge in [0.2, 0.25) is 0 Å². The molecule has 0 aliphatic carbocycles. The number of carbonyl (C=O) groups excluding carboxylic acids is 1. The Hall–Kier alpha value is -4.38. The molecule has 1 fully saturated rings. The molecule has 11 heteroatoms. The summed E-state index contributed by atoms with van der Waals surface area (Å²) in [5.74, 6) is 1.41. The first kappa shape index (κ1) is 22.4. The lowest BCUT2D eigenvalue weighted by atomic mass is 10.2. The van der Waals surface area contributed by atoms with Crippen molar-refractivity contribution in [1.82, 2.24) is 15.0 Å². The van der Waals surface area contributed by atoms with Gasteiger partial charge in [-0.15, -0.1) is 0 Å². The van der Waals surface area contributed by atoms with Crippen molar-refractivity contribution in [1.29, 1.82) is 0 Å². The number of benzene rings is 2. The summed E-state index contributed by atoms with van der Waals surface area (Å²) in [6.07, 6.45) is 1.69. The number of nitrogens with zero attached hydrogens (tertiary/aromatic N) is 3. The number of oxazole rings is 1. The van der Waals surface area contributed by atoms with Crippen molar-refractivity contribution in [2.75, 3.05) is 48.4 Å². The third kappa shape index (κ3) is 5.09. The summed E-state index contributed by atoms with van der Waals surface area (Å²) in [6, 6.07) is 11.7. The zero-order valence-electron chi connectivity index (χ0n) is 19.0. The Bertz CT molecular complexity index is 1390. The first-order valence-electron chi connectivity index (χ1n) is 11.2. The highest BCUT2D eigenvalue weighted by atomic mass is 16.5. The van der Waals surface area contributed by atoms with Crippen LogP contribution in [-0.2, 0) is 4.74 Å². The van der Waals surface area contributed by atoms with Gasteiger partial charge in [-0.25, -0.2) is 19.6 Å². The minimum absolute atomic E-state index is 0.365. The van der Waals surface area contributed by atoms with Gasteiger partial charge in [0.15, 0.2) is 23.0 Å². The van der Waals surface area contributed by atoms with Crippen LogP contribution in [0.15, 0.2) is 57.9 Å². The van der Waals surface area contributed by atoms with Crippen LogP contribution in [0.3, 0.4) is 0 Å². The van der Waals surface area contributed by atoms with Crippen molar-refractivity contribution in [2.45, 2.75) is 6.92 Å². The van der Waals surface area contributed by atoms with Gasteiger partial charge >= 0.3 is 11.8 Å². The number of rotatable bonds is 6. The maximum absolute atomic E-state index is 12.4. The Labute approximate surface area is 200 Å². The molecule has 0 bridgehead atoms. The summed E-state index contributed by atoms with van der Waals surface area (Å²) < 4.78 is 16.2. The summed E-state index contributed by atoms with van der Waals surface area (Å²) in [6.45, 7) is 5.20. The van der Waals surface area contributed by atoms with Gasteiger partial charge < -0.3 is 29.4 Å². The van der Waals surface area contributed by atoms with Crippen molar-refractivity contribution < 1.29 is 18.7 Å². The van der Waals surface area contributed by atoms with Crippen molar-refractivity contribution in [3.8, 4) is 17.1 Å². The number of morpholine rings is 1. The smallest absolute Gasteiger partial charge is 0.417 e. The van der Waals surface area contributed by atoms with Crippen molar-refractivity contribution in [2.24, 2.45) is 0 Å². The molecule has 4 aromatic rings. The highest BCUT2D eigenvalue weighted by Crippen LogP contribution is 2.29. The number of aromatic nitrogens is 3. The summed E-state index contributed by atoms with van der Waals surface area (Å²) in [7, 11) is 0. The minimum atomic E-state index is -0.546. The second kappa shape index (κ2) is 9.85. The quantitative estimate of drug-likeness (QED) is 0.385. The fourth-order valence-electron chi connectivity index (χ4n) is 3.78. The number of carbonyl (C=O) groups is 1. The molecule has 0 saturated carbocycles. The molecule has 1 aliphatic heterocycles. The van der Waals surface area contributed by atoms with Gasteiger partial charge in [0.05, 0.1) is 31.5 Å². The van der Waals surface area contributed by atoms with Crippen LogP contribution in [-0.4, -0.2) is 53.9 Å². The van der Waals surface area contributed by atoms with Crippen LogP contribution in [0.4, 0.5) is 22.0 Å². The van der Waals surface area contributed by atoms with E-state index in [2.05, 4.69) is 25.5 Å². The fraction of sp³-hybridized carbons (Fsp3) is 0.250. The average molecular weight is 476 g/mol. The second-order valence-corrected chi connectivity index (χ2v) is 7.80. The maximum Gasteiger partial charge on any atom is 0.417 e. The number of fused-ring (bicyclic) bond motifs is 1. The van der Waals surface area contributed by atoms with Crippen LogP contribution in [0, 0.1) is 0 Å². The Morgan fingerprint density at radius 3 is 2.63 bits per heavy atom. The van der Waals surface area contributed by atoms with Crippen LogP contribution in [0.25, 0.3) is 22.5 Å². The number of hydrogen-bond donors (Lipinski definition) is 3. The third-order valence-corrected chi connectivity index (χ3v) is 5.43. The predicted octanol–water partition coefficient (Wildman–Crippen LogP) is 3.46. The number of H-pyrrole nitrogens is 1. The molecule has 0 unspecified atom stereocenters. The highest BCUT2D eigenvalue weighted by Gasteiger charge is 2.19. The molecule has 35 heavy (non-hydrogen) atoms. The number of anilines is 3. The lowest BCUT2D eigenvalue weighted by Gasteiger charge is -2.29. The molecule has 1 saturated heterocycles. The number of hydrogen-bond acceptors (Lipinski definition) is 8. The van der Waals surface area contributed by atoms with E-state index < -0.39 is 11.8 Å². The molecule has 2 amide bonds. The zero-order valence-corrected chi connectivity index (χ0v) is 19.0. The molecule has 0 spiro atoms. The Morgan fingerprint density at radius 2 is 1.86 bits per heavy atom. The SMILES string of the molecule is CCOc1cnc(-c2ccc(NC(=O)Nc3ccc4[nH]c(=O)oc4c3)cc2)nc1N1CCOCC1. The normalized spacial score (nSPS) is 13.6. The van der Waals surface area contributed by atoms with E-state index in [0.717, 1.165) is 24.5 Å². The van der Waals surface area contributed by atoms with Crippen LogP contribution in [0.2, 0.25) is 0 Å². The third-order valence-electron chi connectivity index (χ3n) is 5.43. The molecule has 0 atom stereocenters. The van der Waals surface area contributed by atoms with Crippen LogP contribution in [0.5, 0.6) is 5.75 Å². The fourth-order valence-corrected chi connectivity index (χ4v) is 3.78. The summed E-state index contributed by atoms with van der Waals surface area (Å²) >= 11 is 0. The van der Waals surface area contributed by atoms with Gasteiger partial charge in [0, 0.05) is 36.1 Å². The van der Waals surface area contributed by atoms with Crippen molar-refractivity contribution in [3.63, 3.8) is 0 Å². The monoisotopic (exact) mass is 476 g/mol. The van der Waals surface area contributed by atoms with Gasteiger partial charge in [-0.3, -0.25) is 4.98 Å². The lowest BCUT2D eigenvalue weighted by molar-refractivity contribution is 0.122. The van der Waals surface area contributed by atoms with E-state index >= 15 is 0 Å². The van der Waals surface area contributed by atoms with E-state index in [1.54, 1.807) is 36.5 Å². The molecule has 2 aromatic heterocycles. The largest absolute Gasteiger partial charge is 0.488 e. The molecule has 3 N–H and O–H groups in total. The number of urea groups is 1. The molecule has 11 nitrogen and oxygen atoms in total. The number of aromatic amines is 1. The first-order valence-corrected chi connectivity index (χ1v) is 11.2. The van der Waals surface area contributed by atoms with Crippen LogP contribution >= 0.6 is 0 Å². The minimum Gasteiger partial charge on any atom is -0.488 e. The lowest BCUT2D eigenvalue weighted by Crippen LogP contribution is -2.37. The Balaban J connectivity index is 1.28. The van der Waals surface area contributed by atoms with Gasteiger partial charge in [0.25, 0.3) is 0 Å². The molecule has 2 aromatic carbocycles. The van der Waals surface area contributed by atoms with E-state index in [9.17, 15) is 9.59 Å². The number of ether oxygens (including phenoxy) is 2. The Morgan fingerprint density at radius 1 is 1.11 bits per heavy atom. The topological polar surface area (TPSA) is 135 Å². The van der Waals surface area contributed by atoms with E-state index in [1.807, 2.05) is 19.1 Å². The summed E-state index contributed by atoms with van der Waals surface area (Å²) in [5.41, 5.74) is 2.82. The summed E-state index contributed by atoms with van der Waals surface area (Å²) in [5, 5.41) is 5.50. The molecule has 180 valence electrons. The average Bonchev–Trinajstić information content (AvgIpc) is 3.25. The van der Waals surface area contributed by atoms with Crippen molar-refractivity contribution >= 4 is 34.3 Å². The molecular weight excluding hydrogens is 452 g/mol. The van der Waals surface area contributed by atoms with E-state index in [1.165, 1.54) is 0 Å². The van der Waals surface area contributed by atoms with Gasteiger partial charge in [-0.2, -0.15) is 0 Å². The molecule has 5 rings (SSSR count). The van der Waals surface area contributed by atoms with E-state index in [0.29, 0.717) is 53.9 Å². The van der Waals surface area contributed by atoms with Gasteiger partial charge in [0.1, 0.15) is 0 Å². The zero-order chi connectivity index (χ0) is 24.2. The summed E-state index contributed by atoms with van der Waals surface area (Å²) in [4.78, 5) is 37.6. The van der Waals surface area contributed by atoms with Gasteiger partial charge in [-0.05, 0) is 43.3 Å². The molecular formula is C24H24N6O5.